The molecule has 6 nitrogen and oxygen atoms in total. The number of ether oxygens (including phenoxy) is 4. The Morgan fingerprint density at radius 3 is 2.33 bits per heavy atom. The van der Waals surface area contributed by atoms with Crippen molar-refractivity contribution in [1.82, 2.24) is 0 Å². The lowest BCUT2D eigenvalue weighted by molar-refractivity contribution is -0.111. The Kier molecular flexibility index (Phi) is 8.63. The van der Waals surface area contributed by atoms with Gasteiger partial charge >= 0.3 is 0 Å². The highest BCUT2D eigenvalue weighted by Crippen LogP contribution is 2.38. The number of halogens is 2. The van der Waals surface area contributed by atoms with Crippen LogP contribution in [0, 0.1) is 0 Å². The third-order valence-electron chi connectivity index (χ3n) is 4.64. The maximum atomic E-state index is 12.5. The summed E-state index contributed by atoms with van der Waals surface area (Å²) >= 11 is 9.65. The average molecular weight is 533 g/mol. The summed E-state index contributed by atoms with van der Waals surface area (Å²) in [6.45, 7) is 0.403. The van der Waals surface area contributed by atoms with E-state index in [1.165, 1.54) is 20.3 Å². The minimum Gasteiger partial charge on any atom is -0.495 e. The van der Waals surface area contributed by atoms with E-state index in [4.69, 9.17) is 30.5 Å². The molecule has 3 rings (SSSR count). The zero-order valence-electron chi connectivity index (χ0n) is 18.4. The van der Waals surface area contributed by atoms with Crippen molar-refractivity contribution in [3.05, 3.63) is 81.3 Å². The zero-order chi connectivity index (χ0) is 23.8. The number of nitrogens with one attached hydrogen (secondary N) is 1. The molecule has 0 atom stereocenters. The molecule has 0 aliphatic heterocycles. The first-order valence-electron chi connectivity index (χ1n) is 9.90. The molecule has 1 amide bonds. The predicted molar refractivity (Wildman–Crippen MR) is 134 cm³/mol. The molecule has 0 unspecified atom stereocenters. The van der Waals surface area contributed by atoms with Gasteiger partial charge in [0.2, 0.25) is 5.91 Å². The Morgan fingerprint density at radius 2 is 1.67 bits per heavy atom. The standard InChI is InChI=1S/C25H23BrClNO5/c1-30-21-14-20(22(31-2)13-19(21)27)28-24(29)10-9-17-11-18(26)25(23(12-17)32-3)33-15-16-7-5-4-6-8-16/h4-14H,15H2,1-3H3,(H,28,29). The molecule has 3 aromatic rings. The molecule has 0 aliphatic carbocycles. The van der Waals surface area contributed by atoms with Crippen LogP contribution in [0.3, 0.4) is 0 Å². The van der Waals surface area contributed by atoms with Crippen molar-refractivity contribution >= 4 is 45.2 Å². The average Bonchev–Trinajstić information content (AvgIpc) is 2.83. The normalized spacial score (nSPS) is 10.7. The number of methoxy groups -OCH3 is 3. The molecule has 0 spiro atoms. The lowest BCUT2D eigenvalue weighted by Gasteiger charge is -2.14. The number of carbonyl (C=O) groups excluding carboxylic acids is 1. The molecule has 0 heterocycles. The summed E-state index contributed by atoms with van der Waals surface area (Å²) in [7, 11) is 4.56. The van der Waals surface area contributed by atoms with Crippen molar-refractivity contribution in [3.8, 4) is 23.0 Å². The Hall–Kier alpha value is -3.16. The zero-order valence-corrected chi connectivity index (χ0v) is 20.7. The van der Waals surface area contributed by atoms with Gasteiger partial charge in [-0.25, -0.2) is 0 Å². The molecular formula is C25H23BrClNO5. The summed E-state index contributed by atoms with van der Waals surface area (Å²) in [5, 5.41) is 3.15. The number of rotatable bonds is 9. The van der Waals surface area contributed by atoms with Gasteiger partial charge in [-0.15, -0.1) is 0 Å². The second-order valence-corrected chi connectivity index (χ2v) is 8.08. The fourth-order valence-electron chi connectivity index (χ4n) is 3.01. The van der Waals surface area contributed by atoms with Crippen LogP contribution in [0.25, 0.3) is 6.08 Å². The molecule has 0 aliphatic rings. The van der Waals surface area contributed by atoms with Crippen molar-refractivity contribution in [3.63, 3.8) is 0 Å². The van der Waals surface area contributed by atoms with Crippen molar-refractivity contribution in [1.29, 1.82) is 0 Å². The van der Waals surface area contributed by atoms with Crippen LogP contribution in [0.5, 0.6) is 23.0 Å². The second kappa shape index (κ2) is 11.6. The van der Waals surface area contributed by atoms with Gasteiger partial charge in [0.15, 0.2) is 11.5 Å². The van der Waals surface area contributed by atoms with Gasteiger partial charge in [0, 0.05) is 18.2 Å². The predicted octanol–water partition coefficient (Wildman–Crippen LogP) is 6.36. The van der Waals surface area contributed by atoms with Crippen LogP contribution in [0.15, 0.2) is 65.1 Å². The number of hydrogen-bond acceptors (Lipinski definition) is 5. The van der Waals surface area contributed by atoms with Gasteiger partial charge in [0.1, 0.15) is 18.1 Å². The molecule has 0 radical (unpaired) electrons. The van der Waals surface area contributed by atoms with Gasteiger partial charge in [-0.2, -0.15) is 0 Å². The highest BCUT2D eigenvalue weighted by molar-refractivity contribution is 9.10. The van der Waals surface area contributed by atoms with Gasteiger partial charge in [-0.3, -0.25) is 4.79 Å². The first kappa shape index (κ1) is 24.5. The SMILES string of the molecule is COc1cc(NC(=O)C=Cc2cc(Br)c(OCc3ccccc3)c(OC)c2)c(OC)cc1Cl. The van der Waals surface area contributed by atoms with E-state index < -0.39 is 0 Å². The summed E-state index contributed by atoms with van der Waals surface area (Å²) in [5.41, 5.74) is 2.24. The van der Waals surface area contributed by atoms with Crippen molar-refractivity contribution < 1.29 is 23.7 Å². The summed E-state index contributed by atoms with van der Waals surface area (Å²) in [5.74, 6) is 1.63. The van der Waals surface area contributed by atoms with E-state index in [0.717, 1.165) is 11.1 Å². The van der Waals surface area contributed by atoms with Crippen LogP contribution in [0.4, 0.5) is 5.69 Å². The maximum Gasteiger partial charge on any atom is 0.248 e. The van der Waals surface area contributed by atoms with Crippen LogP contribution in [0.2, 0.25) is 5.02 Å². The summed E-state index contributed by atoms with van der Waals surface area (Å²) in [6, 6.07) is 16.7. The van der Waals surface area contributed by atoms with E-state index in [2.05, 4.69) is 21.2 Å². The van der Waals surface area contributed by atoms with Gasteiger partial charge in [-0.05, 0) is 45.3 Å². The number of hydrogen-bond donors (Lipinski definition) is 1. The first-order chi connectivity index (χ1) is 15.9. The minimum atomic E-state index is -0.350. The fraction of sp³-hybridized carbons (Fsp3) is 0.160. The highest BCUT2D eigenvalue weighted by Gasteiger charge is 2.13. The van der Waals surface area contributed by atoms with Gasteiger partial charge < -0.3 is 24.3 Å². The topological polar surface area (TPSA) is 66.0 Å². The van der Waals surface area contributed by atoms with Gasteiger partial charge in [0.05, 0.1) is 36.5 Å². The van der Waals surface area contributed by atoms with Crippen LogP contribution in [-0.2, 0) is 11.4 Å². The maximum absolute atomic E-state index is 12.5. The van der Waals surface area contributed by atoms with E-state index in [-0.39, 0.29) is 5.91 Å². The third-order valence-corrected chi connectivity index (χ3v) is 5.52. The van der Waals surface area contributed by atoms with Crippen molar-refractivity contribution in [2.24, 2.45) is 0 Å². The second-order valence-electron chi connectivity index (χ2n) is 6.82. The van der Waals surface area contributed by atoms with Crippen molar-refractivity contribution in [2.75, 3.05) is 26.6 Å². The molecule has 0 saturated heterocycles. The van der Waals surface area contributed by atoms with Gasteiger partial charge in [-0.1, -0.05) is 41.9 Å². The third kappa shape index (κ3) is 6.43. The van der Waals surface area contributed by atoms with E-state index in [9.17, 15) is 4.79 Å². The molecule has 1 N–H and O–H groups in total. The largest absolute Gasteiger partial charge is 0.495 e. The molecule has 0 saturated carbocycles. The summed E-state index contributed by atoms with van der Waals surface area (Å²) in [4.78, 5) is 12.5. The van der Waals surface area contributed by atoms with E-state index in [1.54, 1.807) is 31.4 Å². The van der Waals surface area contributed by atoms with E-state index in [1.807, 2.05) is 36.4 Å². The Labute approximate surface area is 206 Å². The number of amides is 1. The van der Waals surface area contributed by atoms with Gasteiger partial charge in [0.25, 0.3) is 0 Å². The molecule has 172 valence electrons. The van der Waals surface area contributed by atoms with Crippen molar-refractivity contribution in [2.45, 2.75) is 6.61 Å². The monoisotopic (exact) mass is 531 g/mol. The highest BCUT2D eigenvalue weighted by atomic mass is 79.9. The lowest BCUT2D eigenvalue weighted by atomic mass is 10.1. The van der Waals surface area contributed by atoms with Crippen LogP contribution in [-0.4, -0.2) is 27.2 Å². The smallest absolute Gasteiger partial charge is 0.248 e. The molecule has 0 bridgehead atoms. The minimum absolute atomic E-state index is 0.350. The summed E-state index contributed by atoms with van der Waals surface area (Å²) in [6.07, 6.45) is 3.08. The van der Waals surface area contributed by atoms with Crippen LogP contribution in [0.1, 0.15) is 11.1 Å². The molecule has 0 aromatic heterocycles. The molecule has 0 fully saturated rings. The van der Waals surface area contributed by atoms with E-state index in [0.29, 0.717) is 44.8 Å². The summed E-state index contributed by atoms with van der Waals surface area (Å²) < 4.78 is 22.6. The quantitative estimate of drug-likeness (QED) is 0.325. The number of carbonyl (C=O) groups is 1. The lowest BCUT2D eigenvalue weighted by Crippen LogP contribution is -2.09. The Balaban J connectivity index is 1.74. The molecular weight excluding hydrogens is 510 g/mol. The van der Waals surface area contributed by atoms with Crippen LogP contribution >= 0.6 is 27.5 Å². The Bertz CT molecular complexity index is 1150. The van der Waals surface area contributed by atoms with E-state index >= 15 is 0 Å². The van der Waals surface area contributed by atoms with Crippen LogP contribution < -0.4 is 24.3 Å². The Morgan fingerprint density at radius 1 is 0.970 bits per heavy atom. The molecule has 3 aromatic carbocycles. The molecule has 8 heteroatoms. The fourth-order valence-corrected chi connectivity index (χ4v) is 3.82. The number of anilines is 1. The first-order valence-corrected chi connectivity index (χ1v) is 11.1. The number of benzene rings is 3. The molecule has 33 heavy (non-hydrogen) atoms.